The normalized spacial score (nSPS) is 26.1. The third kappa shape index (κ3) is 5.31. The molecule has 2 N–H and O–H groups in total. The predicted molar refractivity (Wildman–Crippen MR) is 186 cm³/mol. The van der Waals surface area contributed by atoms with Crippen molar-refractivity contribution >= 4 is 46.0 Å². The molecule has 1 aliphatic carbocycles. The van der Waals surface area contributed by atoms with Crippen LogP contribution in [-0.2, 0) is 9.59 Å². The number of carbonyl (C=O) groups is 4. The van der Waals surface area contributed by atoms with Gasteiger partial charge in [0.05, 0.1) is 46.3 Å². The minimum absolute atomic E-state index is 0.0980. The van der Waals surface area contributed by atoms with Crippen LogP contribution in [0.5, 0.6) is 0 Å². The van der Waals surface area contributed by atoms with Crippen LogP contribution in [0.25, 0.3) is 22.3 Å². The van der Waals surface area contributed by atoms with Crippen molar-refractivity contribution in [3.05, 3.63) is 66.1 Å². The van der Waals surface area contributed by atoms with E-state index in [0.29, 0.717) is 24.0 Å². The number of rotatable bonds is 9. The highest BCUT2D eigenvalue weighted by Crippen LogP contribution is 2.41. The maximum Gasteiger partial charge on any atom is 0.262 e. The number of imide groups is 2. The summed E-state index contributed by atoms with van der Waals surface area (Å²) >= 11 is 0. The van der Waals surface area contributed by atoms with Gasteiger partial charge >= 0.3 is 0 Å². The van der Waals surface area contributed by atoms with E-state index in [1.54, 1.807) is 18.2 Å². The Bertz CT molecular complexity index is 2050. The Morgan fingerprint density at radius 3 is 2.56 bits per heavy atom. The molecule has 0 radical (unpaired) electrons. The Morgan fingerprint density at radius 2 is 1.76 bits per heavy atom. The van der Waals surface area contributed by atoms with Gasteiger partial charge in [-0.1, -0.05) is 0 Å². The Balaban J connectivity index is 0.763. The van der Waals surface area contributed by atoms with Crippen LogP contribution in [0, 0.1) is 5.92 Å². The van der Waals surface area contributed by atoms with Crippen LogP contribution < -0.4 is 15.5 Å². The lowest BCUT2D eigenvalue weighted by Crippen LogP contribution is -2.54. The van der Waals surface area contributed by atoms with Gasteiger partial charge in [0.15, 0.2) is 0 Å². The van der Waals surface area contributed by atoms with Gasteiger partial charge in [-0.15, -0.1) is 0 Å². The molecule has 4 aliphatic heterocycles. The maximum absolute atomic E-state index is 13.1. The molecule has 4 aromatic rings. The number of aromatic nitrogens is 4. The molecule has 1 unspecified atom stereocenters. The number of benzene rings is 2. The van der Waals surface area contributed by atoms with Crippen molar-refractivity contribution in [3.63, 3.8) is 0 Å². The summed E-state index contributed by atoms with van der Waals surface area (Å²) in [6.45, 7) is 2.92. The van der Waals surface area contributed by atoms with E-state index in [-0.39, 0.29) is 29.9 Å². The highest BCUT2D eigenvalue weighted by molar-refractivity contribution is 6.23. The maximum atomic E-state index is 13.1. The van der Waals surface area contributed by atoms with Gasteiger partial charge in [-0.2, -0.15) is 5.10 Å². The van der Waals surface area contributed by atoms with E-state index in [1.807, 2.05) is 12.4 Å². The number of carbonyl (C=O) groups excluding carboxylic acids is 4. The summed E-state index contributed by atoms with van der Waals surface area (Å²) in [5, 5.41) is 10.3. The third-order valence-corrected chi connectivity index (χ3v) is 11.4. The van der Waals surface area contributed by atoms with Crippen molar-refractivity contribution in [2.24, 2.45) is 5.92 Å². The summed E-state index contributed by atoms with van der Waals surface area (Å²) in [5.74, 6) is -1.36. The van der Waals surface area contributed by atoms with Gasteiger partial charge in [0, 0.05) is 61.3 Å². The smallest absolute Gasteiger partial charge is 0.262 e. The number of anilines is 2. The Kier molecular flexibility index (Phi) is 7.41. The van der Waals surface area contributed by atoms with E-state index in [2.05, 4.69) is 56.6 Å². The van der Waals surface area contributed by atoms with Gasteiger partial charge < -0.3 is 10.2 Å². The quantitative estimate of drug-likeness (QED) is 0.200. The van der Waals surface area contributed by atoms with Crippen LogP contribution in [0.4, 0.5) is 11.4 Å². The molecule has 5 aliphatic rings. The van der Waals surface area contributed by atoms with Gasteiger partial charge in [-0.05, 0) is 87.9 Å². The van der Waals surface area contributed by atoms with Crippen LogP contribution in [0.3, 0.4) is 0 Å². The molecule has 1 saturated carbocycles. The molecule has 50 heavy (non-hydrogen) atoms. The minimum Gasteiger partial charge on any atom is -0.385 e. The number of piperazine rings is 1. The molecule has 0 spiro atoms. The second-order valence-electron chi connectivity index (χ2n) is 14.5. The van der Waals surface area contributed by atoms with E-state index < -0.39 is 23.8 Å². The summed E-state index contributed by atoms with van der Waals surface area (Å²) in [6, 6.07) is 12.2. The zero-order valence-corrected chi connectivity index (χ0v) is 27.9. The van der Waals surface area contributed by atoms with E-state index in [9.17, 15) is 19.2 Å². The molecule has 4 fully saturated rings. The van der Waals surface area contributed by atoms with E-state index >= 15 is 0 Å². The fourth-order valence-electron chi connectivity index (χ4n) is 8.53. The van der Waals surface area contributed by atoms with Crippen molar-refractivity contribution in [1.82, 2.24) is 34.9 Å². The van der Waals surface area contributed by atoms with Crippen molar-refractivity contribution in [2.75, 3.05) is 36.9 Å². The first kappa shape index (κ1) is 30.9. The fourth-order valence-corrected chi connectivity index (χ4v) is 8.53. The Hall–Kier alpha value is -5.17. The number of fused-ring (bicyclic) bond motifs is 4. The Labute approximate surface area is 289 Å². The molecule has 6 heterocycles. The molecule has 2 bridgehead atoms. The molecule has 3 saturated heterocycles. The molecule has 3 atom stereocenters. The summed E-state index contributed by atoms with van der Waals surface area (Å²) < 4.78 is 2.07. The van der Waals surface area contributed by atoms with Crippen molar-refractivity contribution in [2.45, 2.75) is 69.1 Å². The lowest BCUT2D eigenvalue weighted by molar-refractivity contribution is -0.136. The summed E-state index contributed by atoms with van der Waals surface area (Å²) in [6.07, 6.45) is 11.5. The van der Waals surface area contributed by atoms with Crippen LogP contribution in [0.15, 0.2) is 55.0 Å². The van der Waals surface area contributed by atoms with Crippen LogP contribution in [0.1, 0.15) is 71.7 Å². The highest BCUT2D eigenvalue weighted by Gasteiger charge is 2.45. The van der Waals surface area contributed by atoms with E-state index in [1.165, 1.54) is 12.1 Å². The second kappa shape index (κ2) is 12.0. The molecule has 4 amide bonds. The molecular weight excluding hydrogens is 634 g/mol. The topological polar surface area (TPSA) is 146 Å². The van der Waals surface area contributed by atoms with Gasteiger partial charge in [-0.25, -0.2) is 4.98 Å². The minimum atomic E-state index is -0.963. The van der Waals surface area contributed by atoms with Gasteiger partial charge in [0.1, 0.15) is 6.04 Å². The predicted octanol–water partition coefficient (Wildman–Crippen LogP) is 3.63. The molecule has 13 heteroatoms. The lowest BCUT2D eigenvalue weighted by Gasteiger charge is -2.35. The summed E-state index contributed by atoms with van der Waals surface area (Å²) in [4.78, 5) is 65.6. The standard InChI is InChI=1S/C37H39N9O4/c1-43-19-27-14-26(43)20-44(27)24-5-7-30-31(15-24)41-32(17-39-30)22-16-40-45(18-22)25-11-21(12-25)3-2-10-38-23-4-6-28-29(13-23)37(50)46(36(28)49)33-8-9-34(47)42-35(33)48/h4-7,13,15-18,21,25-27,33,38H,2-3,8-12,14,19-20H2,1H3,(H,42,47,48)/t21?,25?,26-,27-,33?/m1/s1. The zero-order chi connectivity index (χ0) is 34.1. The number of hydrogen-bond acceptors (Lipinski definition) is 10. The number of piperidine rings is 1. The van der Waals surface area contributed by atoms with Crippen molar-refractivity contribution < 1.29 is 19.2 Å². The van der Waals surface area contributed by atoms with Crippen LogP contribution in [-0.4, -0.2) is 98.0 Å². The molecule has 2 aromatic carbocycles. The lowest BCUT2D eigenvalue weighted by atomic mass is 9.77. The number of likely N-dealkylation sites (N-methyl/N-ethyl adjacent to an activating group) is 1. The summed E-state index contributed by atoms with van der Waals surface area (Å²) in [7, 11) is 2.22. The number of hydrogen-bond donors (Lipinski definition) is 2. The first-order valence-electron chi connectivity index (χ1n) is 17.7. The first-order chi connectivity index (χ1) is 24.3. The van der Waals surface area contributed by atoms with Crippen LogP contribution in [0.2, 0.25) is 0 Å². The number of nitrogens with one attached hydrogen (secondary N) is 2. The summed E-state index contributed by atoms with van der Waals surface area (Å²) in [5.41, 5.74) is 6.19. The molecule has 256 valence electrons. The van der Waals surface area contributed by atoms with Crippen molar-refractivity contribution in [1.29, 1.82) is 0 Å². The van der Waals surface area contributed by atoms with Crippen LogP contribution >= 0.6 is 0 Å². The molecule has 13 nitrogen and oxygen atoms in total. The molecule has 9 rings (SSSR count). The van der Waals surface area contributed by atoms with Gasteiger partial charge in [0.25, 0.3) is 11.8 Å². The Morgan fingerprint density at radius 1 is 0.900 bits per heavy atom. The average Bonchev–Trinajstić information content (AvgIpc) is 3.88. The monoisotopic (exact) mass is 673 g/mol. The fraction of sp³-hybridized carbons (Fsp3) is 0.432. The van der Waals surface area contributed by atoms with Gasteiger partial charge in [0.2, 0.25) is 11.8 Å². The number of amides is 4. The third-order valence-electron chi connectivity index (χ3n) is 11.4. The van der Waals surface area contributed by atoms with Crippen molar-refractivity contribution in [3.8, 4) is 11.3 Å². The largest absolute Gasteiger partial charge is 0.385 e. The zero-order valence-electron chi connectivity index (χ0n) is 27.9. The SMILES string of the molecule is CN1C[C@H]2C[C@@H]1CN2c1ccc2ncc(-c3cnn(C4CC(CCCNc5ccc6c(c5)C(=O)N(C5CCC(=O)NC5=O)C6=O)C4)c3)nc2c1. The number of nitrogens with zero attached hydrogens (tertiary/aromatic N) is 7. The molecule has 2 aromatic heterocycles. The number of likely N-dealkylation sites (tertiary alicyclic amines) is 1. The highest BCUT2D eigenvalue weighted by atomic mass is 16.2. The average molecular weight is 674 g/mol. The first-order valence-corrected chi connectivity index (χ1v) is 17.7. The van der Waals surface area contributed by atoms with Gasteiger partial charge in [-0.3, -0.25) is 44.0 Å². The van der Waals surface area contributed by atoms with E-state index in [4.69, 9.17) is 15.1 Å². The second-order valence-corrected chi connectivity index (χ2v) is 14.5. The molecular formula is C37H39N9O4. The van der Waals surface area contributed by atoms with E-state index in [0.717, 1.165) is 78.2 Å².